The Morgan fingerprint density at radius 3 is 2.86 bits per heavy atom. The number of para-hydroxylation sites is 1. The van der Waals surface area contributed by atoms with Gasteiger partial charge in [-0.2, -0.15) is 0 Å². The lowest BCUT2D eigenvalue weighted by atomic mass is 9.92. The minimum atomic E-state index is -0.167. The van der Waals surface area contributed by atoms with Gasteiger partial charge in [0.15, 0.2) is 0 Å². The second kappa shape index (κ2) is 6.16. The van der Waals surface area contributed by atoms with Crippen molar-refractivity contribution in [1.82, 2.24) is 4.90 Å². The van der Waals surface area contributed by atoms with Gasteiger partial charge in [0.1, 0.15) is 5.75 Å². The lowest BCUT2D eigenvalue weighted by Crippen LogP contribution is -2.47. The van der Waals surface area contributed by atoms with Crippen molar-refractivity contribution in [3.8, 4) is 5.75 Å². The molecule has 1 aromatic rings. The molecule has 0 N–H and O–H groups in total. The highest BCUT2D eigenvalue weighted by Crippen LogP contribution is 2.29. The number of fused-ring (bicyclic) bond motifs is 1. The lowest BCUT2D eigenvalue weighted by molar-refractivity contribution is -0.136. The Kier molecular flexibility index (Phi) is 4.27. The third-order valence-corrected chi connectivity index (χ3v) is 4.61. The van der Waals surface area contributed by atoms with Crippen LogP contribution in [0, 0.1) is 19.8 Å². The molecule has 3 rings (SSSR count). The highest BCUT2D eigenvalue weighted by molar-refractivity contribution is 5.75. The highest BCUT2D eigenvalue weighted by atomic mass is 16.5. The number of hydrogen-bond donors (Lipinski definition) is 0. The van der Waals surface area contributed by atoms with Gasteiger partial charge in [-0.3, -0.25) is 9.69 Å². The van der Waals surface area contributed by atoms with Crippen LogP contribution in [0.1, 0.15) is 24.0 Å². The molecule has 0 aliphatic carbocycles. The van der Waals surface area contributed by atoms with Crippen LogP contribution in [0.3, 0.4) is 0 Å². The zero-order chi connectivity index (χ0) is 14.8. The van der Waals surface area contributed by atoms with E-state index in [0.717, 1.165) is 37.3 Å². The van der Waals surface area contributed by atoms with Gasteiger partial charge >= 0.3 is 5.97 Å². The summed E-state index contributed by atoms with van der Waals surface area (Å²) in [7, 11) is 0. The van der Waals surface area contributed by atoms with Crippen molar-refractivity contribution >= 4 is 5.97 Å². The van der Waals surface area contributed by atoms with Gasteiger partial charge in [-0.25, -0.2) is 0 Å². The van der Waals surface area contributed by atoms with Crippen molar-refractivity contribution in [1.29, 1.82) is 0 Å². The number of carbonyl (C=O) groups excluding carboxylic acids is 1. The number of hydrogen-bond acceptors (Lipinski definition) is 4. The highest BCUT2D eigenvalue weighted by Gasteiger charge is 2.36. The quantitative estimate of drug-likeness (QED) is 0.632. The van der Waals surface area contributed by atoms with E-state index in [4.69, 9.17) is 9.47 Å². The molecule has 2 aliphatic heterocycles. The van der Waals surface area contributed by atoms with Gasteiger partial charge < -0.3 is 9.47 Å². The summed E-state index contributed by atoms with van der Waals surface area (Å²) < 4.78 is 11.2. The summed E-state index contributed by atoms with van der Waals surface area (Å²) >= 11 is 0. The molecule has 0 bridgehead atoms. The van der Waals surface area contributed by atoms with E-state index in [1.807, 2.05) is 32.0 Å². The van der Waals surface area contributed by atoms with Crippen LogP contribution in [-0.2, 0) is 9.53 Å². The molecule has 2 heterocycles. The summed E-state index contributed by atoms with van der Waals surface area (Å²) in [6.45, 7) is 6.85. The molecule has 2 atom stereocenters. The molecule has 1 aromatic carbocycles. The minimum Gasteiger partial charge on any atom is -0.425 e. The number of aryl methyl sites for hydroxylation is 2. The number of nitrogens with zero attached hydrogens (tertiary/aromatic N) is 1. The van der Waals surface area contributed by atoms with Crippen molar-refractivity contribution in [3.63, 3.8) is 0 Å². The van der Waals surface area contributed by atoms with Crippen molar-refractivity contribution < 1.29 is 14.3 Å². The maximum Gasteiger partial charge on any atom is 0.325 e. The van der Waals surface area contributed by atoms with Crippen LogP contribution in [0.25, 0.3) is 0 Å². The van der Waals surface area contributed by atoms with Crippen LogP contribution < -0.4 is 4.74 Å². The molecule has 2 unspecified atom stereocenters. The molecule has 2 aliphatic rings. The van der Waals surface area contributed by atoms with Gasteiger partial charge in [0.2, 0.25) is 0 Å². The fourth-order valence-corrected chi connectivity index (χ4v) is 3.46. The molecule has 2 fully saturated rings. The number of likely N-dealkylation sites (tertiary alicyclic amines) is 1. The smallest absolute Gasteiger partial charge is 0.325 e. The number of carbonyl (C=O) groups is 1. The molecule has 0 radical (unpaired) electrons. The van der Waals surface area contributed by atoms with Crippen molar-refractivity contribution in [3.05, 3.63) is 29.3 Å². The first kappa shape index (κ1) is 14.5. The molecule has 0 amide bonds. The van der Waals surface area contributed by atoms with E-state index in [-0.39, 0.29) is 5.97 Å². The molecule has 2 saturated heterocycles. The number of rotatable bonds is 3. The van der Waals surface area contributed by atoms with Crippen molar-refractivity contribution in [2.45, 2.75) is 32.7 Å². The van der Waals surface area contributed by atoms with E-state index in [1.54, 1.807) is 0 Å². The molecular formula is C17H23NO3. The third-order valence-electron chi connectivity index (χ3n) is 4.61. The standard InChI is InChI=1S/C17H23NO3/c1-12-5-3-6-13(2)17(12)21-16(19)9-18-8-4-7-14-10-20-11-15(14)18/h3,5-6,14-15H,4,7-11H2,1-2H3. The topological polar surface area (TPSA) is 38.8 Å². The number of ether oxygens (including phenoxy) is 2. The molecule has 0 saturated carbocycles. The van der Waals surface area contributed by atoms with Crippen LogP contribution in [0.2, 0.25) is 0 Å². The largest absolute Gasteiger partial charge is 0.425 e. The molecule has 0 spiro atoms. The maximum absolute atomic E-state index is 12.3. The zero-order valence-electron chi connectivity index (χ0n) is 12.8. The van der Waals surface area contributed by atoms with Gasteiger partial charge in [-0.15, -0.1) is 0 Å². The fraction of sp³-hybridized carbons (Fsp3) is 0.588. The second-order valence-electron chi connectivity index (χ2n) is 6.17. The Balaban J connectivity index is 1.64. The summed E-state index contributed by atoms with van der Waals surface area (Å²) in [4.78, 5) is 14.5. The molecule has 4 nitrogen and oxygen atoms in total. The summed E-state index contributed by atoms with van der Waals surface area (Å²) in [6.07, 6.45) is 2.36. The van der Waals surface area contributed by atoms with E-state index < -0.39 is 0 Å². The fourth-order valence-electron chi connectivity index (χ4n) is 3.46. The summed E-state index contributed by atoms with van der Waals surface area (Å²) in [5, 5.41) is 0. The maximum atomic E-state index is 12.3. The first-order chi connectivity index (χ1) is 10.1. The minimum absolute atomic E-state index is 0.167. The first-order valence-electron chi connectivity index (χ1n) is 7.74. The Morgan fingerprint density at radius 1 is 1.33 bits per heavy atom. The Labute approximate surface area is 126 Å². The Morgan fingerprint density at radius 2 is 2.10 bits per heavy atom. The Hall–Kier alpha value is -1.39. The summed E-state index contributed by atoms with van der Waals surface area (Å²) in [5.74, 6) is 1.13. The van der Waals surface area contributed by atoms with Crippen LogP contribution >= 0.6 is 0 Å². The predicted octanol–water partition coefficient (Wildman–Crippen LogP) is 2.32. The average Bonchev–Trinajstić information content (AvgIpc) is 2.93. The van der Waals surface area contributed by atoms with E-state index in [1.165, 1.54) is 6.42 Å². The lowest BCUT2D eigenvalue weighted by Gasteiger charge is -2.35. The van der Waals surface area contributed by atoms with Gasteiger partial charge in [-0.1, -0.05) is 18.2 Å². The zero-order valence-corrected chi connectivity index (χ0v) is 12.8. The number of piperidine rings is 1. The van der Waals surface area contributed by atoms with Gasteiger partial charge in [0.05, 0.1) is 19.8 Å². The molecular weight excluding hydrogens is 266 g/mol. The molecule has 114 valence electrons. The third kappa shape index (κ3) is 3.11. The van der Waals surface area contributed by atoms with Crippen LogP contribution in [-0.4, -0.2) is 43.2 Å². The van der Waals surface area contributed by atoms with Gasteiger partial charge in [0.25, 0.3) is 0 Å². The molecule has 0 aromatic heterocycles. The summed E-state index contributed by atoms with van der Waals surface area (Å²) in [5.41, 5.74) is 2.01. The normalized spacial score (nSPS) is 25.6. The van der Waals surface area contributed by atoms with E-state index >= 15 is 0 Å². The van der Waals surface area contributed by atoms with Crippen molar-refractivity contribution in [2.24, 2.45) is 5.92 Å². The first-order valence-corrected chi connectivity index (χ1v) is 7.74. The van der Waals surface area contributed by atoms with E-state index in [9.17, 15) is 4.79 Å². The van der Waals surface area contributed by atoms with E-state index in [0.29, 0.717) is 24.3 Å². The predicted molar refractivity (Wildman–Crippen MR) is 80.5 cm³/mol. The Bertz CT molecular complexity index is 509. The van der Waals surface area contributed by atoms with Gasteiger partial charge in [0, 0.05) is 12.0 Å². The van der Waals surface area contributed by atoms with Crippen LogP contribution in [0.4, 0.5) is 0 Å². The van der Waals surface area contributed by atoms with Crippen molar-refractivity contribution in [2.75, 3.05) is 26.3 Å². The number of benzene rings is 1. The second-order valence-corrected chi connectivity index (χ2v) is 6.17. The molecule has 4 heteroatoms. The van der Waals surface area contributed by atoms with E-state index in [2.05, 4.69) is 4.90 Å². The summed E-state index contributed by atoms with van der Waals surface area (Å²) in [6, 6.07) is 6.31. The van der Waals surface area contributed by atoms with Crippen LogP contribution in [0.5, 0.6) is 5.75 Å². The number of esters is 1. The van der Waals surface area contributed by atoms with Crippen LogP contribution in [0.15, 0.2) is 18.2 Å². The van der Waals surface area contributed by atoms with Gasteiger partial charge in [-0.05, 0) is 44.4 Å². The average molecular weight is 289 g/mol. The molecule has 21 heavy (non-hydrogen) atoms. The monoisotopic (exact) mass is 289 g/mol. The SMILES string of the molecule is Cc1cccc(C)c1OC(=O)CN1CCCC2COCC21.